The third-order valence-corrected chi connectivity index (χ3v) is 4.55. The first-order valence-electron chi connectivity index (χ1n) is 8.58. The van der Waals surface area contributed by atoms with Gasteiger partial charge in [0.15, 0.2) is 0 Å². The molecular weight excluding hydrogens is 328 g/mol. The van der Waals surface area contributed by atoms with E-state index >= 15 is 0 Å². The van der Waals surface area contributed by atoms with Crippen LogP contribution in [-0.2, 0) is 7.05 Å². The predicted molar refractivity (Wildman–Crippen MR) is 99.4 cm³/mol. The molecule has 2 aromatic heterocycles. The van der Waals surface area contributed by atoms with Crippen LogP contribution in [0.4, 0.5) is 0 Å². The number of benzene rings is 1. The number of hydrogen-bond donors (Lipinski definition) is 1. The minimum Gasteiger partial charge on any atom is -0.507 e. The van der Waals surface area contributed by atoms with E-state index in [4.69, 9.17) is 4.42 Å². The SMILES string of the molecule is Cc1cc(-c2nnc(-c3cc(C4=CCCC=C4)n(C)n3)o2)cc(C)c1O. The minimum absolute atomic E-state index is 0.289. The number of aromatic hydroxyl groups is 1. The van der Waals surface area contributed by atoms with Crippen molar-refractivity contribution in [3.05, 3.63) is 53.2 Å². The lowest BCUT2D eigenvalue weighted by Crippen LogP contribution is -1.97. The number of nitrogens with zero attached hydrogens (tertiary/aromatic N) is 4. The van der Waals surface area contributed by atoms with Crippen LogP contribution < -0.4 is 0 Å². The molecule has 6 heteroatoms. The fourth-order valence-electron chi connectivity index (χ4n) is 3.17. The second-order valence-corrected chi connectivity index (χ2v) is 6.55. The lowest BCUT2D eigenvalue weighted by Gasteiger charge is -2.06. The predicted octanol–water partition coefficient (Wildman–Crippen LogP) is 4.19. The molecule has 0 saturated carbocycles. The highest BCUT2D eigenvalue weighted by atomic mass is 16.4. The number of rotatable bonds is 3. The number of allylic oxidation sites excluding steroid dienone is 4. The van der Waals surface area contributed by atoms with Crippen molar-refractivity contribution in [2.24, 2.45) is 7.05 Å². The smallest absolute Gasteiger partial charge is 0.268 e. The monoisotopic (exact) mass is 348 g/mol. The van der Waals surface area contributed by atoms with Crippen molar-refractivity contribution in [3.63, 3.8) is 0 Å². The fourth-order valence-corrected chi connectivity index (χ4v) is 3.17. The van der Waals surface area contributed by atoms with Crippen molar-refractivity contribution >= 4 is 5.57 Å². The molecule has 26 heavy (non-hydrogen) atoms. The van der Waals surface area contributed by atoms with Gasteiger partial charge < -0.3 is 9.52 Å². The first kappa shape index (κ1) is 16.3. The molecule has 0 fully saturated rings. The summed E-state index contributed by atoms with van der Waals surface area (Å²) in [5, 5.41) is 22.7. The number of aromatic nitrogens is 4. The molecular formula is C20H20N4O2. The Kier molecular flexibility index (Phi) is 3.95. The average Bonchev–Trinajstić information content (AvgIpc) is 3.27. The van der Waals surface area contributed by atoms with Gasteiger partial charge >= 0.3 is 0 Å². The highest BCUT2D eigenvalue weighted by Crippen LogP contribution is 2.31. The maximum Gasteiger partial charge on any atom is 0.268 e. The van der Waals surface area contributed by atoms with Crippen LogP contribution in [0.3, 0.4) is 0 Å². The Hall–Kier alpha value is -3.15. The molecule has 1 aliphatic rings. The Labute approximate surface area is 151 Å². The summed E-state index contributed by atoms with van der Waals surface area (Å²) in [6, 6.07) is 5.63. The summed E-state index contributed by atoms with van der Waals surface area (Å²) < 4.78 is 7.67. The van der Waals surface area contributed by atoms with Crippen LogP contribution in [-0.4, -0.2) is 25.1 Å². The van der Waals surface area contributed by atoms with Gasteiger partial charge in [-0.3, -0.25) is 4.68 Å². The van der Waals surface area contributed by atoms with Crippen LogP contribution in [0.15, 0.2) is 40.8 Å². The van der Waals surface area contributed by atoms with Gasteiger partial charge in [-0.2, -0.15) is 5.10 Å². The largest absolute Gasteiger partial charge is 0.507 e. The second kappa shape index (κ2) is 6.29. The summed E-state index contributed by atoms with van der Waals surface area (Å²) in [6.07, 6.45) is 8.61. The molecule has 2 heterocycles. The van der Waals surface area contributed by atoms with Crippen LogP contribution in [0.2, 0.25) is 0 Å². The molecule has 0 spiro atoms. The van der Waals surface area contributed by atoms with Gasteiger partial charge in [0, 0.05) is 12.6 Å². The third-order valence-electron chi connectivity index (χ3n) is 4.55. The summed E-state index contributed by atoms with van der Waals surface area (Å²) >= 11 is 0. The Morgan fingerprint density at radius 3 is 2.46 bits per heavy atom. The minimum atomic E-state index is 0.289. The van der Waals surface area contributed by atoms with Crippen LogP contribution in [0.1, 0.15) is 29.7 Å². The molecule has 1 N–H and O–H groups in total. The van der Waals surface area contributed by atoms with E-state index in [2.05, 4.69) is 33.5 Å². The van der Waals surface area contributed by atoms with Crippen molar-refractivity contribution in [2.45, 2.75) is 26.7 Å². The van der Waals surface area contributed by atoms with Gasteiger partial charge in [-0.15, -0.1) is 10.2 Å². The Morgan fingerprint density at radius 1 is 1.04 bits per heavy atom. The molecule has 0 unspecified atom stereocenters. The molecule has 132 valence electrons. The molecule has 0 amide bonds. The third kappa shape index (κ3) is 2.83. The molecule has 0 saturated heterocycles. The van der Waals surface area contributed by atoms with Crippen molar-refractivity contribution in [1.29, 1.82) is 0 Å². The molecule has 0 radical (unpaired) electrons. The molecule has 6 nitrogen and oxygen atoms in total. The zero-order valence-corrected chi connectivity index (χ0v) is 15.0. The van der Waals surface area contributed by atoms with Crippen molar-refractivity contribution < 1.29 is 9.52 Å². The van der Waals surface area contributed by atoms with E-state index in [-0.39, 0.29) is 5.75 Å². The first-order chi connectivity index (χ1) is 12.5. The summed E-state index contributed by atoms with van der Waals surface area (Å²) in [6.45, 7) is 3.69. The summed E-state index contributed by atoms with van der Waals surface area (Å²) in [4.78, 5) is 0. The summed E-state index contributed by atoms with van der Waals surface area (Å²) in [7, 11) is 1.91. The maximum absolute atomic E-state index is 9.93. The maximum atomic E-state index is 9.93. The summed E-state index contributed by atoms with van der Waals surface area (Å²) in [5.74, 6) is 1.08. The highest BCUT2D eigenvalue weighted by molar-refractivity contribution is 5.74. The van der Waals surface area contributed by atoms with Gasteiger partial charge in [-0.1, -0.05) is 18.2 Å². The molecule has 1 aromatic carbocycles. The van der Waals surface area contributed by atoms with Crippen molar-refractivity contribution in [3.8, 4) is 28.8 Å². The fraction of sp³-hybridized carbons (Fsp3) is 0.250. The van der Waals surface area contributed by atoms with E-state index in [0.717, 1.165) is 40.8 Å². The lowest BCUT2D eigenvalue weighted by molar-refractivity contribution is 0.467. The van der Waals surface area contributed by atoms with E-state index in [1.807, 2.05) is 43.8 Å². The number of aryl methyl sites for hydroxylation is 3. The second-order valence-electron chi connectivity index (χ2n) is 6.55. The molecule has 1 aliphatic carbocycles. The van der Waals surface area contributed by atoms with E-state index in [1.54, 1.807) is 0 Å². The van der Waals surface area contributed by atoms with E-state index in [0.29, 0.717) is 17.5 Å². The van der Waals surface area contributed by atoms with E-state index in [9.17, 15) is 5.11 Å². The topological polar surface area (TPSA) is 77.0 Å². The zero-order valence-electron chi connectivity index (χ0n) is 15.0. The average molecular weight is 348 g/mol. The molecule has 3 aromatic rings. The Morgan fingerprint density at radius 2 is 1.77 bits per heavy atom. The van der Waals surface area contributed by atoms with Gasteiger partial charge in [-0.25, -0.2) is 0 Å². The van der Waals surface area contributed by atoms with Crippen LogP contribution >= 0.6 is 0 Å². The van der Waals surface area contributed by atoms with Gasteiger partial charge in [-0.05, 0) is 61.6 Å². The lowest BCUT2D eigenvalue weighted by atomic mass is 10.0. The van der Waals surface area contributed by atoms with Gasteiger partial charge in [0.05, 0.1) is 5.69 Å². The standard InChI is InChI=1S/C20H20N4O2/c1-12-9-15(10-13(2)18(12)25)19-21-22-20(26-19)16-11-17(24(3)23-16)14-7-5-4-6-8-14/h5,7-11,25H,4,6H2,1-3H3. The van der Waals surface area contributed by atoms with E-state index < -0.39 is 0 Å². The van der Waals surface area contributed by atoms with Gasteiger partial charge in [0.1, 0.15) is 11.4 Å². The van der Waals surface area contributed by atoms with Gasteiger partial charge in [0.25, 0.3) is 5.89 Å². The van der Waals surface area contributed by atoms with Crippen LogP contribution in [0.25, 0.3) is 28.6 Å². The normalized spacial score (nSPS) is 13.9. The number of phenolic OH excluding ortho intramolecular Hbond substituents is 1. The zero-order chi connectivity index (χ0) is 18.3. The molecule has 0 bridgehead atoms. The van der Waals surface area contributed by atoms with Gasteiger partial charge in [0.2, 0.25) is 5.89 Å². The number of hydrogen-bond acceptors (Lipinski definition) is 5. The van der Waals surface area contributed by atoms with Crippen LogP contribution in [0, 0.1) is 13.8 Å². The van der Waals surface area contributed by atoms with Crippen molar-refractivity contribution in [1.82, 2.24) is 20.0 Å². The molecule has 0 aliphatic heterocycles. The summed E-state index contributed by atoms with van der Waals surface area (Å²) in [5.41, 5.74) is 5.15. The quantitative estimate of drug-likeness (QED) is 0.768. The Bertz CT molecular complexity index is 1020. The van der Waals surface area contributed by atoms with Crippen molar-refractivity contribution in [2.75, 3.05) is 0 Å². The molecule has 0 atom stereocenters. The van der Waals surface area contributed by atoms with Crippen LogP contribution in [0.5, 0.6) is 5.75 Å². The Balaban J connectivity index is 1.69. The highest BCUT2D eigenvalue weighted by Gasteiger charge is 2.17. The molecule has 4 rings (SSSR count). The first-order valence-corrected chi connectivity index (χ1v) is 8.58. The van der Waals surface area contributed by atoms with E-state index in [1.165, 1.54) is 0 Å². The number of phenols is 1.